The van der Waals surface area contributed by atoms with Crippen molar-refractivity contribution in [3.63, 3.8) is 0 Å². The van der Waals surface area contributed by atoms with E-state index in [9.17, 15) is 23.3 Å². The van der Waals surface area contributed by atoms with Crippen molar-refractivity contribution >= 4 is 44.2 Å². The number of sulfone groups is 1. The maximum atomic E-state index is 12.2. The van der Waals surface area contributed by atoms with E-state index >= 15 is 0 Å². The van der Waals surface area contributed by atoms with Crippen molar-refractivity contribution in [1.82, 2.24) is 0 Å². The van der Waals surface area contributed by atoms with Crippen molar-refractivity contribution in [3.05, 3.63) is 55.7 Å². The van der Waals surface area contributed by atoms with Crippen LogP contribution in [0.2, 0.25) is 5.02 Å². The van der Waals surface area contributed by atoms with Crippen LogP contribution in [0.4, 0.5) is 5.69 Å². The van der Waals surface area contributed by atoms with Gasteiger partial charge in [-0.15, -0.1) is 11.3 Å². The number of carbonyl (C=O) groups is 1. The minimum absolute atomic E-state index is 0.275. The lowest BCUT2D eigenvalue weighted by Crippen LogP contribution is -2.16. The fourth-order valence-electron chi connectivity index (χ4n) is 1.61. The lowest BCUT2D eigenvalue weighted by Gasteiger charge is -2.05. The van der Waals surface area contributed by atoms with Crippen LogP contribution in [0.3, 0.4) is 0 Å². The van der Waals surface area contributed by atoms with E-state index in [1.54, 1.807) is 11.4 Å². The maximum absolute atomic E-state index is 12.2. The highest BCUT2D eigenvalue weighted by molar-refractivity contribution is 7.92. The van der Waals surface area contributed by atoms with Gasteiger partial charge < -0.3 is 0 Å². The van der Waals surface area contributed by atoms with Crippen LogP contribution >= 0.6 is 22.9 Å². The zero-order valence-corrected chi connectivity index (χ0v) is 12.7. The summed E-state index contributed by atoms with van der Waals surface area (Å²) in [6.07, 6.45) is 0. The highest BCUT2D eigenvalue weighted by Crippen LogP contribution is 2.27. The van der Waals surface area contributed by atoms with Crippen LogP contribution in [0.5, 0.6) is 0 Å². The molecule has 0 aliphatic carbocycles. The van der Waals surface area contributed by atoms with Gasteiger partial charge in [-0.25, -0.2) is 8.42 Å². The van der Waals surface area contributed by atoms with E-state index in [1.807, 2.05) is 0 Å². The summed E-state index contributed by atoms with van der Waals surface area (Å²) in [5.41, 5.74) is -0.316. The fourth-order valence-corrected chi connectivity index (χ4v) is 4.19. The van der Waals surface area contributed by atoms with Gasteiger partial charge in [-0.3, -0.25) is 14.9 Å². The number of benzene rings is 1. The summed E-state index contributed by atoms with van der Waals surface area (Å²) >= 11 is 6.92. The number of thiophene rings is 1. The summed E-state index contributed by atoms with van der Waals surface area (Å²) < 4.78 is 24.3. The fraction of sp³-hybridized carbons (Fsp3) is 0.0833. The molecule has 6 nitrogen and oxygen atoms in total. The molecule has 0 N–H and O–H groups in total. The van der Waals surface area contributed by atoms with Crippen molar-refractivity contribution < 1.29 is 18.1 Å². The third-order valence-electron chi connectivity index (χ3n) is 2.58. The molecule has 0 unspecified atom stereocenters. The molecule has 0 atom stereocenters. The van der Waals surface area contributed by atoms with Crippen molar-refractivity contribution in [1.29, 1.82) is 0 Å². The molecule has 0 radical (unpaired) electrons. The summed E-state index contributed by atoms with van der Waals surface area (Å²) in [6.45, 7) is 0. The summed E-state index contributed by atoms with van der Waals surface area (Å²) in [6, 6.07) is 6.19. The molecule has 0 fully saturated rings. The molecule has 0 saturated carbocycles. The number of carbonyl (C=O) groups excluding carboxylic acids is 1. The average molecular weight is 346 g/mol. The molecule has 1 aromatic carbocycles. The van der Waals surface area contributed by atoms with Crippen LogP contribution in [-0.4, -0.2) is 24.9 Å². The van der Waals surface area contributed by atoms with Crippen LogP contribution in [0.25, 0.3) is 0 Å². The molecule has 9 heteroatoms. The van der Waals surface area contributed by atoms with E-state index in [1.165, 1.54) is 6.07 Å². The number of rotatable bonds is 5. The van der Waals surface area contributed by atoms with E-state index in [2.05, 4.69) is 0 Å². The SMILES string of the molecule is O=C(CS(=O)(=O)c1ccc([N+](=O)[O-])cc1Cl)c1cccs1. The predicted octanol–water partition coefficient (Wildman–Crippen LogP) is 2.97. The number of hydrogen-bond acceptors (Lipinski definition) is 6. The Bertz CT molecular complexity index is 799. The van der Waals surface area contributed by atoms with E-state index < -0.39 is 26.3 Å². The topological polar surface area (TPSA) is 94.3 Å². The second-order valence-corrected chi connectivity index (χ2v) is 7.34. The summed E-state index contributed by atoms with van der Waals surface area (Å²) in [4.78, 5) is 21.8. The quantitative estimate of drug-likeness (QED) is 0.471. The minimum atomic E-state index is -3.96. The van der Waals surface area contributed by atoms with Crippen molar-refractivity contribution in [2.45, 2.75) is 4.90 Å². The maximum Gasteiger partial charge on any atom is 0.271 e. The smallest absolute Gasteiger partial charge is 0.271 e. The average Bonchev–Trinajstić information content (AvgIpc) is 2.91. The highest BCUT2D eigenvalue weighted by Gasteiger charge is 2.24. The van der Waals surface area contributed by atoms with E-state index in [0.717, 1.165) is 29.5 Å². The Morgan fingerprint density at radius 3 is 2.57 bits per heavy atom. The van der Waals surface area contributed by atoms with Crippen LogP contribution in [0.15, 0.2) is 40.6 Å². The lowest BCUT2D eigenvalue weighted by molar-refractivity contribution is -0.384. The number of nitrogens with zero attached hydrogens (tertiary/aromatic N) is 1. The van der Waals surface area contributed by atoms with Gasteiger partial charge in [0.1, 0.15) is 5.75 Å². The van der Waals surface area contributed by atoms with Gasteiger partial charge in [0.25, 0.3) is 5.69 Å². The number of halogens is 1. The molecule has 0 saturated heterocycles. The zero-order chi connectivity index (χ0) is 15.6. The molecule has 0 aliphatic heterocycles. The van der Waals surface area contributed by atoms with Crippen molar-refractivity contribution in [3.8, 4) is 0 Å². The Hall–Kier alpha value is -1.77. The molecule has 2 rings (SSSR count). The monoisotopic (exact) mass is 345 g/mol. The first-order valence-corrected chi connectivity index (χ1v) is 8.45. The molecule has 0 amide bonds. The zero-order valence-electron chi connectivity index (χ0n) is 10.4. The molecule has 1 aromatic heterocycles. The standard InChI is InChI=1S/C12H8ClNO5S2/c13-9-6-8(14(16)17)3-4-12(9)21(18,19)7-10(15)11-2-1-5-20-11/h1-6H,7H2. The Labute approximate surface area is 129 Å². The van der Waals surface area contributed by atoms with Gasteiger partial charge in [-0.2, -0.15) is 0 Å². The normalized spacial score (nSPS) is 11.3. The molecule has 2 aromatic rings. The Kier molecular flexibility index (Phi) is 4.40. The summed E-state index contributed by atoms with van der Waals surface area (Å²) in [5, 5.41) is 12.0. The van der Waals surface area contributed by atoms with Crippen LogP contribution < -0.4 is 0 Å². The van der Waals surface area contributed by atoms with Gasteiger partial charge in [0, 0.05) is 12.1 Å². The molecule has 1 heterocycles. The van der Waals surface area contributed by atoms with Gasteiger partial charge >= 0.3 is 0 Å². The first-order chi connectivity index (χ1) is 9.81. The molecule has 0 bridgehead atoms. The largest absolute Gasteiger partial charge is 0.292 e. The summed E-state index contributed by atoms with van der Waals surface area (Å²) in [7, 11) is -3.96. The molecular formula is C12H8ClNO5S2. The Morgan fingerprint density at radius 1 is 1.33 bits per heavy atom. The second kappa shape index (κ2) is 5.92. The molecule has 0 aliphatic rings. The van der Waals surface area contributed by atoms with Gasteiger partial charge in [0.05, 0.1) is 19.7 Å². The third-order valence-corrected chi connectivity index (χ3v) is 5.58. The van der Waals surface area contributed by atoms with Gasteiger partial charge in [0.2, 0.25) is 0 Å². The first-order valence-electron chi connectivity index (χ1n) is 5.54. The third kappa shape index (κ3) is 3.46. The predicted molar refractivity (Wildman–Crippen MR) is 78.8 cm³/mol. The number of non-ortho nitro benzene ring substituents is 1. The highest BCUT2D eigenvalue weighted by atomic mass is 35.5. The van der Waals surface area contributed by atoms with Gasteiger partial charge in [-0.05, 0) is 17.5 Å². The number of hydrogen-bond donors (Lipinski definition) is 0. The number of nitro groups is 1. The molecular weight excluding hydrogens is 338 g/mol. The molecule has 0 spiro atoms. The Balaban J connectivity index is 2.32. The van der Waals surface area contributed by atoms with Crippen LogP contribution in [0, 0.1) is 10.1 Å². The lowest BCUT2D eigenvalue weighted by atomic mass is 10.3. The number of nitro benzene ring substituents is 1. The van der Waals surface area contributed by atoms with Crippen LogP contribution in [0.1, 0.15) is 9.67 Å². The Morgan fingerprint density at radius 2 is 2.05 bits per heavy atom. The van der Waals surface area contributed by atoms with Crippen LogP contribution in [-0.2, 0) is 9.84 Å². The van der Waals surface area contributed by atoms with Gasteiger partial charge in [0.15, 0.2) is 15.6 Å². The number of ketones is 1. The van der Waals surface area contributed by atoms with E-state index in [0.29, 0.717) is 4.88 Å². The number of Topliss-reactive ketones (excluding diaryl/α,β-unsaturated/α-hetero) is 1. The van der Waals surface area contributed by atoms with E-state index in [-0.39, 0.29) is 15.6 Å². The van der Waals surface area contributed by atoms with Gasteiger partial charge in [-0.1, -0.05) is 17.7 Å². The molecule has 21 heavy (non-hydrogen) atoms. The summed E-state index contributed by atoms with van der Waals surface area (Å²) in [5.74, 6) is -1.27. The van der Waals surface area contributed by atoms with Crippen molar-refractivity contribution in [2.24, 2.45) is 0 Å². The van der Waals surface area contributed by atoms with E-state index in [4.69, 9.17) is 11.6 Å². The minimum Gasteiger partial charge on any atom is -0.292 e. The first kappa shape index (κ1) is 15.6. The second-order valence-electron chi connectivity index (χ2n) is 4.03. The van der Waals surface area contributed by atoms with Crippen molar-refractivity contribution in [2.75, 3.05) is 5.75 Å². The molecule has 110 valence electrons.